The van der Waals surface area contributed by atoms with Gasteiger partial charge in [-0.25, -0.2) is 0 Å². The molecule has 2 aromatic heterocycles. The average Bonchev–Trinajstić information content (AvgIpc) is 3.56. The molecular weight excluding hydrogens is 478 g/mol. The standard InChI is InChI=1S/C27H30ClN5O3/c1-16-19(28)4-3-5-20(16)31-24-22-25(27(7-8-27)15-30-26(22)34)32-23(24)18-6-9-29-12-21(18)36-14-17-13-35-11-10-33(17)2/h3-6,9,12,17,31-32H,7-8,10-11,13-15H2,1-2H3,(H,30,34)/t17-/m1/s1. The van der Waals surface area contributed by atoms with Crippen molar-refractivity contribution >= 4 is 28.9 Å². The lowest BCUT2D eigenvalue weighted by molar-refractivity contribution is -0.0107. The van der Waals surface area contributed by atoms with Gasteiger partial charge in [0.2, 0.25) is 0 Å². The third-order valence-corrected chi connectivity index (χ3v) is 8.14. The third kappa shape index (κ3) is 4.03. The van der Waals surface area contributed by atoms with Gasteiger partial charge < -0.3 is 25.1 Å². The molecule has 8 nitrogen and oxygen atoms in total. The van der Waals surface area contributed by atoms with E-state index in [1.807, 2.05) is 31.2 Å². The van der Waals surface area contributed by atoms with E-state index in [0.29, 0.717) is 36.1 Å². The Balaban J connectivity index is 1.43. The summed E-state index contributed by atoms with van der Waals surface area (Å²) in [4.78, 5) is 23.4. The number of ether oxygens (including phenoxy) is 2. The first-order valence-electron chi connectivity index (χ1n) is 12.4. The molecule has 1 aromatic carbocycles. The Labute approximate surface area is 215 Å². The fraction of sp³-hybridized carbons (Fsp3) is 0.407. The van der Waals surface area contributed by atoms with Crippen molar-refractivity contribution in [1.82, 2.24) is 20.2 Å². The van der Waals surface area contributed by atoms with Gasteiger partial charge in [0, 0.05) is 46.7 Å². The molecule has 1 aliphatic carbocycles. The van der Waals surface area contributed by atoms with Crippen molar-refractivity contribution in [1.29, 1.82) is 0 Å². The maximum Gasteiger partial charge on any atom is 0.255 e. The van der Waals surface area contributed by atoms with E-state index in [9.17, 15) is 4.79 Å². The summed E-state index contributed by atoms with van der Waals surface area (Å²) in [5, 5.41) is 7.32. The first-order valence-corrected chi connectivity index (χ1v) is 12.8. The van der Waals surface area contributed by atoms with Crippen molar-refractivity contribution in [2.75, 3.05) is 45.3 Å². The summed E-state index contributed by atoms with van der Waals surface area (Å²) in [6.07, 6.45) is 5.58. The van der Waals surface area contributed by atoms with Gasteiger partial charge in [-0.15, -0.1) is 0 Å². The Morgan fingerprint density at radius 1 is 1.33 bits per heavy atom. The molecule has 2 fully saturated rings. The molecule has 1 atom stereocenters. The molecule has 36 heavy (non-hydrogen) atoms. The maximum atomic E-state index is 13.2. The second kappa shape index (κ2) is 9.10. The third-order valence-electron chi connectivity index (χ3n) is 7.73. The van der Waals surface area contributed by atoms with E-state index in [1.54, 1.807) is 12.4 Å². The summed E-state index contributed by atoms with van der Waals surface area (Å²) in [6, 6.07) is 7.84. The number of hydrogen-bond acceptors (Lipinski definition) is 6. The van der Waals surface area contributed by atoms with Gasteiger partial charge >= 0.3 is 0 Å². The average molecular weight is 508 g/mol. The molecule has 0 bridgehead atoms. The van der Waals surface area contributed by atoms with Crippen LogP contribution in [0.5, 0.6) is 5.75 Å². The normalized spacial score (nSPS) is 20.6. The summed E-state index contributed by atoms with van der Waals surface area (Å²) in [5.41, 5.74) is 5.79. The Hall–Kier alpha value is -3.07. The zero-order chi connectivity index (χ0) is 24.9. The minimum atomic E-state index is -0.0790. The van der Waals surface area contributed by atoms with Crippen LogP contribution in [0.3, 0.4) is 0 Å². The van der Waals surface area contributed by atoms with Gasteiger partial charge in [-0.2, -0.15) is 0 Å². The van der Waals surface area contributed by atoms with E-state index in [4.69, 9.17) is 21.1 Å². The number of fused-ring (bicyclic) bond motifs is 2. The number of aromatic amines is 1. The van der Waals surface area contributed by atoms with E-state index < -0.39 is 0 Å². The van der Waals surface area contributed by atoms with Crippen molar-refractivity contribution in [3.63, 3.8) is 0 Å². The molecule has 1 spiro atoms. The van der Waals surface area contributed by atoms with Crippen LogP contribution in [0.2, 0.25) is 5.02 Å². The fourth-order valence-corrected chi connectivity index (χ4v) is 5.31. The lowest BCUT2D eigenvalue weighted by atomic mass is 9.93. The van der Waals surface area contributed by atoms with Gasteiger partial charge in [0.25, 0.3) is 5.91 Å². The van der Waals surface area contributed by atoms with E-state index in [2.05, 4.69) is 32.5 Å². The molecule has 2 aliphatic heterocycles. The molecule has 0 unspecified atom stereocenters. The lowest BCUT2D eigenvalue weighted by Crippen LogP contribution is -2.46. The van der Waals surface area contributed by atoms with Crippen LogP contribution in [-0.2, 0) is 10.2 Å². The predicted molar refractivity (Wildman–Crippen MR) is 139 cm³/mol. The van der Waals surface area contributed by atoms with Crippen LogP contribution in [0.15, 0.2) is 36.7 Å². The molecule has 3 aromatic rings. The summed E-state index contributed by atoms with van der Waals surface area (Å²) < 4.78 is 12.0. The van der Waals surface area contributed by atoms with E-state index in [1.165, 1.54) is 0 Å². The monoisotopic (exact) mass is 507 g/mol. The number of hydrogen-bond donors (Lipinski definition) is 3. The fourth-order valence-electron chi connectivity index (χ4n) is 5.13. The predicted octanol–water partition coefficient (Wildman–Crippen LogP) is 4.27. The number of rotatable bonds is 6. The second-order valence-electron chi connectivity index (χ2n) is 10.0. The number of nitrogens with zero attached hydrogens (tertiary/aromatic N) is 2. The quantitative estimate of drug-likeness (QED) is 0.461. The number of halogens is 1. The van der Waals surface area contributed by atoms with E-state index in [-0.39, 0.29) is 17.4 Å². The largest absolute Gasteiger partial charge is 0.490 e. The number of benzene rings is 1. The van der Waals surface area contributed by atoms with Gasteiger partial charge in [-0.05, 0) is 50.6 Å². The van der Waals surface area contributed by atoms with Crippen molar-refractivity contribution in [2.24, 2.45) is 0 Å². The Bertz CT molecular complexity index is 1320. The smallest absolute Gasteiger partial charge is 0.255 e. The number of likely N-dealkylation sites (N-methyl/N-ethyl adjacent to an activating group) is 1. The Kier molecular flexibility index (Phi) is 5.90. The molecule has 0 radical (unpaired) electrons. The first-order chi connectivity index (χ1) is 17.5. The van der Waals surface area contributed by atoms with Crippen molar-refractivity contribution < 1.29 is 14.3 Å². The van der Waals surface area contributed by atoms with E-state index in [0.717, 1.165) is 59.9 Å². The molecular formula is C27H30ClN5O3. The van der Waals surface area contributed by atoms with Crippen molar-refractivity contribution in [3.8, 4) is 17.0 Å². The number of pyridine rings is 1. The zero-order valence-electron chi connectivity index (χ0n) is 20.5. The van der Waals surface area contributed by atoms with Gasteiger partial charge in [0.1, 0.15) is 12.4 Å². The molecule has 188 valence electrons. The van der Waals surface area contributed by atoms with Crippen LogP contribution in [0.4, 0.5) is 11.4 Å². The van der Waals surface area contributed by atoms with Crippen LogP contribution in [0.1, 0.15) is 34.5 Å². The minimum absolute atomic E-state index is 0.0303. The molecule has 1 saturated heterocycles. The number of nitrogens with one attached hydrogen (secondary N) is 3. The molecule has 3 N–H and O–H groups in total. The molecule has 1 saturated carbocycles. The molecule has 1 amide bonds. The Morgan fingerprint density at radius 2 is 2.19 bits per heavy atom. The highest BCUT2D eigenvalue weighted by atomic mass is 35.5. The first kappa shape index (κ1) is 23.3. The minimum Gasteiger partial charge on any atom is -0.490 e. The van der Waals surface area contributed by atoms with Crippen LogP contribution in [0.25, 0.3) is 11.3 Å². The summed E-state index contributed by atoms with van der Waals surface area (Å²) in [5.74, 6) is 0.580. The number of H-pyrrole nitrogens is 1. The SMILES string of the molecule is Cc1c(Cl)cccc1Nc1c(-c2ccncc2OC[C@H]2COCCN2C)[nH]c2c1C(=O)NCC21CC1. The molecule has 3 aliphatic rings. The number of carbonyl (C=O) groups is 1. The number of aromatic nitrogens is 2. The zero-order valence-corrected chi connectivity index (χ0v) is 21.2. The van der Waals surface area contributed by atoms with Gasteiger partial charge in [-0.1, -0.05) is 17.7 Å². The lowest BCUT2D eigenvalue weighted by Gasteiger charge is -2.32. The van der Waals surface area contributed by atoms with Crippen molar-refractivity contribution in [3.05, 3.63) is 58.5 Å². The van der Waals surface area contributed by atoms with Crippen molar-refractivity contribution in [2.45, 2.75) is 31.2 Å². The summed E-state index contributed by atoms with van der Waals surface area (Å²) in [6.45, 7) is 5.35. The van der Waals surface area contributed by atoms with Crippen LogP contribution < -0.4 is 15.4 Å². The van der Waals surface area contributed by atoms with E-state index >= 15 is 0 Å². The number of morpholine rings is 1. The number of anilines is 2. The molecule has 4 heterocycles. The highest BCUT2D eigenvalue weighted by Gasteiger charge is 2.51. The maximum absolute atomic E-state index is 13.2. The topological polar surface area (TPSA) is 91.5 Å². The van der Waals surface area contributed by atoms with Crippen LogP contribution in [0, 0.1) is 6.92 Å². The highest BCUT2D eigenvalue weighted by molar-refractivity contribution is 6.31. The van der Waals surface area contributed by atoms with Crippen LogP contribution >= 0.6 is 11.6 Å². The summed E-state index contributed by atoms with van der Waals surface area (Å²) in [7, 11) is 2.09. The highest BCUT2D eigenvalue weighted by Crippen LogP contribution is 2.54. The van der Waals surface area contributed by atoms with Gasteiger partial charge in [-0.3, -0.25) is 14.7 Å². The van der Waals surface area contributed by atoms with Crippen LogP contribution in [-0.4, -0.2) is 66.8 Å². The van der Waals surface area contributed by atoms with Gasteiger partial charge in [0.15, 0.2) is 0 Å². The number of amides is 1. The number of carbonyl (C=O) groups excluding carboxylic acids is 1. The summed E-state index contributed by atoms with van der Waals surface area (Å²) >= 11 is 6.42. The molecule has 9 heteroatoms. The Morgan fingerprint density at radius 3 is 3.00 bits per heavy atom. The van der Waals surface area contributed by atoms with Gasteiger partial charge in [0.05, 0.1) is 42.4 Å². The second-order valence-corrected chi connectivity index (χ2v) is 10.4. The molecule has 6 rings (SSSR count).